The first kappa shape index (κ1) is 16.2. The fourth-order valence-electron chi connectivity index (χ4n) is 1.90. The molecular weight excluding hydrogens is 256 g/mol. The Hall–Kier alpha value is -1.90. The van der Waals surface area contributed by atoms with Crippen LogP contribution < -0.4 is 25.3 Å². The van der Waals surface area contributed by atoms with Gasteiger partial charge in [0.25, 0.3) is 0 Å². The predicted molar refractivity (Wildman–Crippen MR) is 79.3 cm³/mol. The molecule has 1 aromatic carbocycles. The lowest BCUT2D eigenvalue weighted by Crippen LogP contribution is -2.28. The van der Waals surface area contributed by atoms with Crippen LogP contribution in [0.1, 0.15) is 18.5 Å². The zero-order valence-corrected chi connectivity index (χ0v) is 12.4. The highest BCUT2D eigenvalue weighted by Gasteiger charge is 2.17. The van der Waals surface area contributed by atoms with Crippen LogP contribution in [0, 0.1) is 11.8 Å². The summed E-state index contributed by atoms with van der Waals surface area (Å²) in [4.78, 5) is 0. The summed E-state index contributed by atoms with van der Waals surface area (Å²) in [5.41, 5.74) is 6.79. The molecule has 0 aliphatic carbocycles. The highest BCUT2D eigenvalue weighted by Crippen LogP contribution is 2.39. The number of hydrogen-bond acceptors (Lipinski definition) is 5. The third-order valence-electron chi connectivity index (χ3n) is 2.94. The summed E-state index contributed by atoms with van der Waals surface area (Å²) in [5.74, 6) is 7.60. The number of benzene rings is 1. The van der Waals surface area contributed by atoms with Crippen molar-refractivity contribution in [2.24, 2.45) is 5.73 Å². The molecule has 0 fully saturated rings. The molecule has 0 aliphatic rings. The average molecular weight is 278 g/mol. The minimum atomic E-state index is -0.0236. The van der Waals surface area contributed by atoms with E-state index in [2.05, 4.69) is 17.2 Å². The molecule has 1 atom stereocenters. The maximum absolute atomic E-state index is 5.82. The molecule has 0 aromatic heterocycles. The lowest BCUT2D eigenvalue weighted by Gasteiger charge is -2.19. The van der Waals surface area contributed by atoms with Gasteiger partial charge < -0.3 is 19.9 Å². The molecule has 5 nitrogen and oxygen atoms in total. The number of nitrogens with two attached hydrogens (primary N) is 1. The van der Waals surface area contributed by atoms with Crippen molar-refractivity contribution in [3.05, 3.63) is 17.7 Å². The third kappa shape index (κ3) is 3.80. The second-order valence-electron chi connectivity index (χ2n) is 4.05. The third-order valence-corrected chi connectivity index (χ3v) is 2.94. The van der Waals surface area contributed by atoms with Crippen LogP contribution in [0.3, 0.4) is 0 Å². The van der Waals surface area contributed by atoms with E-state index >= 15 is 0 Å². The van der Waals surface area contributed by atoms with Gasteiger partial charge in [0, 0.05) is 12.6 Å². The van der Waals surface area contributed by atoms with Gasteiger partial charge in [0.15, 0.2) is 11.5 Å². The van der Waals surface area contributed by atoms with E-state index < -0.39 is 0 Å². The zero-order valence-electron chi connectivity index (χ0n) is 12.4. The summed E-state index contributed by atoms with van der Waals surface area (Å²) in [6, 6.07) is 3.76. The Balaban J connectivity index is 3.11. The monoisotopic (exact) mass is 278 g/mol. The standard InChI is InChI=1S/C15H22N2O3/c1-5-6-7-17-12(10-16)11-8-13(18-2)15(20-4)14(9-11)19-3/h8-9,12,17H,7,10,16H2,1-4H3. The topological polar surface area (TPSA) is 65.7 Å². The first-order chi connectivity index (χ1) is 9.71. The number of rotatable bonds is 7. The Morgan fingerprint density at radius 3 is 2.15 bits per heavy atom. The van der Waals surface area contributed by atoms with E-state index in [4.69, 9.17) is 19.9 Å². The molecule has 5 heteroatoms. The molecule has 1 rings (SSSR count). The molecule has 0 saturated carbocycles. The van der Waals surface area contributed by atoms with Crippen LogP contribution in [0.15, 0.2) is 12.1 Å². The van der Waals surface area contributed by atoms with Crippen molar-refractivity contribution >= 4 is 0 Å². The highest BCUT2D eigenvalue weighted by atomic mass is 16.5. The van der Waals surface area contributed by atoms with Gasteiger partial charge in [0.05, 0.1) is 27.9 Å². The van der Waals surface area contributed by atoms with E-state index in [-0.39, 0.29) is 6.04 Å². The number of nitrogens with one attached hydrogen (secondary N) is 1. The quantitative estimate of drug-likeness (QED) is 0.737. The molecule has 0 amide bonds. The van der Waals surface area contributed by atoms with Crippen LogP contribution in [0.4, 0.5) is 0 Å². The normalized spacial score (nSPS) is 11.2. The Morgan fingerprint density at radius 1 is 1.15 bits per heavy atom. The van der Waals surface area contributed by atoms with E-state index in [0.717, 1.165) is 5.56 Å². The van der Waals surface area contributed by atoms with Crippen molar-refractivity contribution < 1.29 is 14.2 Å². The van der Waals surface area contributed by atoms with Gasteiger partial charge in [0.2, 0.25) is 5.75 Å². The Morgan fingerprint density at radius 2 is 1.75 bits per heavy atom. The van der Waals surface area contributed by atoms with Crippen LogP contribution in [0.5, 0.6) is 17.2 Å². The number of methoxy groups -OCH3 is 3. The summed E-state index contributed by atoms with van der Waals surface area (Å²) in [5, 5.41) is 3.28. The van der Waals surface area contributed by atoms with E-state index in [9.17, 15) is 0 Å². The lowest BCUT2D eigenvalue weighted by atomic mass is 10.1. The summed E-state index contributed by atoms with van der Waals surface area (Å²) >= 11 is 0. The van der Waals surface area contributed by atoms with Gasteiger partial charge in [-0.2, -0.15) is 0 Å². The molecule has 3 N–H and O–H groups in total. The fourth-order valence-corrected chi connectivity index (χ4v) is 1.90. The molecule has 0 radical (unpaired) electrons. The van der Waals surface area contributed by atoms with Crippen LogP contribution in [-0.2, 0) is 0 Å². The Labute approximate surface area is 120 Å². The van der Waals surface area contributed by atoms with Gasteiger partial charge in [-0.3, -0.25) is 5.32 Å². The molecule has 1 aromatic rings. The number of ether oxygens (including phenoxy) is 3. The summed E-state index contributed by atoms with van der Waals surface area (Å²) in [7, 11) is 4.76. The van der Waals surface area contributed by atoms with Gasteiger partial charge in [-0.05, 0) is 24.6 Å². The maximum atomic E-state index is 5.82. The molecule has 0 saturated heterocycles. The molecule has 20 heavy (non-hydrogen) atoms. The zero-order chi connectivity index (χ0) is 15.0. The van der Waals surface area contributed by atoms with Crippen molar-refractivity contribution in [2.75, 3.05) is 34.4 Å². The van der Waals surface area contributed by atoms with Crippen molar-refractivity contribution in [3.8, 4) is 29.1 Å². The molecule has 0 spiro atoms. The Kier molecular flexibility index (Phi) is 6.71. The van der Waals surface area contributed by atoms with E-state index in [0.29, 0.717) is 30.3 Å². The summed E-state index contributed by atoms with van der Waals surface area (Å²) < 4.78 is 16.0. The van der Waals surface area contributed by atoms with Crippen molar-refractivity contribution in [1.29, 1.82) is 0 Å². The first-order valence-electron chi connectivity index (χ1n) is 6.34. The van der Waals surface area contributed by atoms with Gasteiger partial charge in [-0.15, -0.1) is 5.92 Å². The minimum Gasteiger partial charge on any atom is -0.493 e. The number of hydrogen-bond donors (Lipinski definition) is 2. The van der Waals surface area contributed by atoms with Crippen LogP contribution in [0.25, 0.3) is 0 Å². The summed E-state index contributed by atoms with van der Waals surface area (Å²) in [6.45, 7) is 2.83. The van der Waals surface area contributed by atoms with Crippen molar-refractivity contribution in [1.82, 2.24) is 5.32 Å². The highest BCUT2D eigenvalue weighted by molar-refractivity contribution is 5.54. The molecular formula is C15H22N2O3. The van der Waals surface area contributed by atoms with Crippen molar-refractivity contribution in [2.45, 2.75) is 13.0 Å². The predicted octanol–water partition coefficient (Wildman–Crippen LogP) is 1.33. The van der Waals surface area contributed by atoms with Gasteiger partial charge in [0.1, 0.15) is 0 Å². The largest absolute Gasteiger partial charge is 0.493 e. The van der Waals surface area contributed by atoms with E-state index in [1.54, 1.807) is 28.3 Å². The maximum Gasteiger partial charge on any atom is 0.203 e. The van der Waals surface area contributed by atoms with Gasteiger partial charge in [-0.1, -0.05) is 5.92 Å². The van der Waals surface area contributed by atoms with E-state index in [1.165, 1.54) is 0 Å². The second kappa shape index (κ2) is 8.31. The second-order valence-corrected chi connectivity index (χ2v) is 4.05. The lowest BCUT2D eigenvalue weighted by molar-refractivity contribution is 0.323. The van der Waals surface area contributed by atoms with Crippen LogP contribution in [-0.4, -0.2) is 34.4 Å². The molecule has 0 bridgehead atoms. The summed E-state index contributed by atoms with van der Waals surface area (Å²) in [6.07, 6.45) is 0. The van der Waals surface area contributed by atoms with Gasteiger partial charge in [-0.25, -0.2) is 0 Å². The van der Waals surface area contributed by atoms with Crippen LogP contribution in [0.2, 0.25) is 0 Å². The van der Waals surface area contributed by atoms with Crippen LogP contribution >= 0.6 is 0 Å². The average Bonchev–Trinajstić information content (AvgIpc) is 2.50. The molecule has 110 valence electrons. The minimum absolute atomic E-state index is 0.0236. The van der Waals surface area contributed by atoms with Gasteiger partial charge >= 0.3 is 0 Å². The Bertz CT molecular complexity index is 467. The van der Waals surface area contributed by atoms with E-state index in [1.807, 2.05) is 12.1 Å². The smallest absolute Gasteiger partial charge is 0.203 e. The molecule has 0 heterocycles. The van der Waals surface area contributed by atoms with Crippen molar-refractivity contribution in [3.63, 3.8) is 0 Å². The fraction of sp³-hybridized carbons (Fsp3) is 0.467. The molecule has 0 aliphatic heterocycles. The SMILES string of the molecule is CC#CCNC(CN)c1cc(OC)c(OC)c(OC)c1. The first-order valence-corrected chi connectivity index (χ1v) is 6.34. The molecule has 1 unspecified atom stereocenters.